The highest BCUT2D eigenvalue weighted by molar-refractivity contribution is 5.98. The Balaban J connectivity index is 2.68. The van der Waals surface area contributed by atoms with Crippen LogP contribution in [-0.2, 0) is 9.53 Å². The van der Waals surface area contributed by atoms with Crippen LogP contribution in [0.1, 0.15) is 30.1 Å². The molecule has 0 bridgehead atoms. The molecule has 1 rings (SSSR count). The molecule has 0 radical (unpaired) electrons. The minimum absolute atomic E-state index is 0.180. The molecule has 0 aliphatic carbocycles. The Labute approximate surface area is 97.4 Å². The number of Topliss-reactive ketones (excluding diaryl/α,β-unsaturated/α-hetero) is 1. The molecule has 5 heteroatoms. The Morgan fingerprint density at radius 2 is 1.76 bits per heavy atom. The van der Waals surface area contributed by atoms with Gasteiger partial charge in [0.05, 0.1) is 18.6 Å². The average molecular weight is 242 g/mol. The van der Waals surface area contributed by atoms with Crippen LogP contribution in [0.15, 0.2) is 18.2 Å². The number of hydrogen-bond donors (Lipinski definition) is 0. The van der Waals surface area contributed by atoms with Crippen LogP contribution in [0, 0.1) is 11.6 Å². The highest BCUT2D eigenvalue weighted by Crippen LogP contribution is 2.15. The quantitative estimate of drug-likeness (QED) is 0.588. The largest absolute Gasteiger partial charge is 0.466 e. The first-order valence-corrected chi connectivity index (χ1v) is 5.19. The topological polar surface area (TPSA) is 43.4 Å². The second-order valence-electron chi connectivity index (χ2n) is 3.32. The van der Waals surface area contributed by atoms with E-state index in [0.717, 1.165) is 12.1 Å². The summed E-state index contributed by atoms with van der Waals surface area (Å²) in [5.41, 5.74) is -0.600. The molecule has 0 unspecified atom stereocenters. The number of halogens is 2. The maximum absolute atomic E-state index is 13.2. The van der Waals surface area contributed by atoms with Crippen molar-refractivity contribution in [2.75, 3.05) is 6.61 Å². The number of ketones is 1. The third kappa shape index (κ3) is 3.62. The molecule has 1 aromatic rings. The molecule has 0 fully saturated rings. The first-order chi connectivity index (χ1) is 8.06. The van der Waals surface area contributed by atoms with Crippen molar-refractivity contribution in [1.29, 1.82) is 0 Å². The molecule has 17 heavy (non-hydrogen) atoms. The second-order valence-corrected chi connectivity index (χ2v) is 3.32. The van der Waals surface area contributed by atoms with Crippen LogP contribution in [0.5, 0.6) is 0 Å². The van der Waals surface area contributed by atoms with Crippen molar-refractivity contribution in [2.24, 2.45) is 0 Å². The van der Waals surface area contributed by atoms with Gasteiger partial charge in [0.25, 0.3) is 0 Å². The normalized spacial score (nSPS) is 10.1. The van der Waals surface area contributed by atoms with E-state index in [9.17, 15) is 18.4 Å². The molecule has 0 amide bonds. The summed E-state index contributed by atoms with van der Waals surface area (Å²) in [7, 11) is 0. The van der Waals surface area contributed by atoms with Gasteiger partial charge in [0.2, 0.25) is 0 Å². The summed E-state index contributed by atoms with van der Waals surface area (Å²) in [6, 6.07) is 3.17. The zero-order valence-corrected chi connectivity index (χ0v) is 9.33. The SMILES string of the molecule is CCOC(=O)CCC(=O)c1c(F)cccc1F. The average Bonchev–Trinajstić information content (AvgIpc) is 2.26. The van der Waals surface area contributed by atoms with Crippen LogP contribution in [0.25, 0.3) is 0 Å². The number of benzene rings is 1. The van der Waals surface area contributed by atoms with Crippen LogP contribution in [-0.4, -0.2) is 18.4 Å². The summed E-state index contributed by atoms with van der Waals surface area (Å²) >= 11 is 0. The lowest BCUT2D eigenvalue weighted by molar-refractivity contribution is -0.143. The van der Waals surface area contributed by atoms with Gasteiger partial charge >= 0.3 is 5.97 Å². The monoisotopic (exact) mass is 242 g/mol. The Morgan fingerprint density at radius 3 is 2.29 bits per heavy atom. The number of rotatable bonds is 5. The molecular weight excluding hydrogens is 230 g/mol. The molecule has 0 heterocycles. The first-order valence-electron chi connectivity index (χ1n) is 5.19. The van der Waals surface area contributed by atoms with Gasteiger partial charge in [0, 0.05) is 6.42 Å². The standard InChI is InChI=1S/C12H12F2O3/c1-2-17-11(16)7-6-10(15)12-8(13)4-3-5-9(12)14/h3-5H,2,6-7H2,1H3. The summed E-state index contributed by atoms with van der Waals surface area (Å²) in [4.78, 5) is 22.5. The fraction of sp³-hybridized carbons (Fsp3) is 0.333. The second kappa shape index (κ2) is 6.08. The molecule has 1 aromatic carbocycles. The van der Waals surface area contributed by atoms with Crippen molar-refractivity contribution in [3.63, 3.8) is 0 Å². The molecule has 0 aromatic heterocycles. The number of carbonyl (C=O) groups excluding carboxylic acids is 2. The van der Waals surface area contributed by atoms with E-state index in [-0.39, 0.29) is 19.4 Å². The van der Waals surface area contributed by atoms with Gasteiger partial charge in [0.15, 0.2) is 5.78 Å². The van der Waals surface area contributed by atoms with E-state index in [0.29, 0.717) is 0 Å². The molecule has 0 saturated carbocycles. The molecule has 0 atom stereocenters. The lowest BCUT2D eigenvalue weighted by Gasteiger charge is -2.04. The van der Waals surface area contributed by atoms with Crippen LogP contribution in [0.4, 0.5) is 8.78 Å². The highest BCUT2D eigenvalue weighted by Gasteiger charge is 2.17. The van der Waals surface area contributed by atoms with Crippen LogP contribution >= 0.6 is 0 Å². The van der Waals surface area contributed by atoms with Crippen LogP contribution < -0.4 is 0 Å². The van der Waals surface area contributed by atoms with E-state index >= 15 is 0 Å². The van der Waals surface area contributed by atoms with Gasteiger partial charge in [0.1, 0.15) is 11.6 Å². The maximum Gasteiger partial charge on any atom is 0.306 e. The molecule has 0 spiro atoms. The minimum atomic E-state index is -0.918. The smallest absolute Gasteiger partial charge is 0.306 e. The van der Waals surface area contributed by atoms with Gasteiger partial charge in [-0.15, -0.1) is 0 Å². The zero-order chi connectivity index (χ0) is 12.8. The van der Waals surface area contributed by atoms with Crippen molar-refractivity contribution < 1.29 is 23.1 Å². The van der Waals surface area contributed by atoms with Crippen molar-refractivity contribution in [3.05, 3.63) is 35.4 Å². The zero-order valence-electron chi connectivity index (χ0n) is 9.33. The van der Waals surface area contributed by atoms with Crippen molar-refractivity contribution in [1.82, 2.24) is 0 Å². The molecular formula is C12H12F2O3. The summed E-state index contributed by atoms with van der Waals surface area (Å²) in [6.45, 7) is 1.84. The van der Waals surface area contributed by atoms with Crippen molar-refractivity contribution in [3.8, 4) is 0 Å². The molecule has 0 aliphatic rings. The number of hydrogen-bond acceptors (Lipinski definition) is 3. The fourth-order valence-corrected chi connectivity index (χ4v) is 1.34. The highest BCUT2D eigenvalue weighted by atomic mass is 19.1. The lowest BCUT2D eigenvalue weighted by atomic mass is 10.1. The van der Waals surface area contributed by atoms with E-state index in [4.69, 9.17) is 0 Å². The van der Waals surface area contributed by atoms with Gasteiger partial charge in [-0.1, -0.05) is 6.07 Å². The van der Waals surface area contributed by atoms with Gasteiger partial charge in [-0.3, -0.25) is 9.59 Å². The van der Waals surface area contributed by atoms with Crippen molar-refractivity contribution in [2.45, 2.75) is 19.8 Å². The van der Waals surface area contributed by atoms with Gasteiger partial charge in [-0.2, -0.15) is 0 Å². The Kier molecular flexibility index (Phi) is 4.75. The third-order valence-electron chi connectivity index (χ3n) is 2.10. The molecule has 0 N–H and O–H groups in total. The molecule has 0 saturated heterocycles. The summed E-state index contributed by atoms with van der Waals surface area (Å²) in [5, 5.41) is 0. The Bertz CT molecular complexity index is 410. The molecule has 92 valence electrons. The maximum atomic E-state index is 13.2. The molecule has 3 nitrogen and oxygen atoms in total. The summed E-state index contributed by atoms with van der Waals surface area (Å²) < 4.78 is 31.0. The summed E-state index contributed by atoms with van der Waals surface area (Å²) in [6.07, 6.45) is -0.447. The fourth-order valence-electron chi connectivity index (χ4n) is 1.34. The van der Waals surface area contributed by atoms with E-state index in [1.165, 1.54) is 6.07 Å². The predicted octanol–water partition coefficient (Wildman–Crippen LogP) is 2.49. The van der Waals surface area contributed by atoms with Gasteiger partial charge < -0.3 is 4.74 Å². The minimum Gasteiger partial charge on any atom is -0.466 e. The van der Waals surface area contributed by atoms with E-state index < -0.39 is 29.0 Å². The van der Waals surface area contributed by atoms with E-state index in [2.05, 4.69) is 4.74 Å². The Hall–Kier alpha value is -1.78. The predicted molar refractivity (Wildman–Crippen MR) is 56.6 cm³/mol. The van der Waals surface area contributed by atoms with E-state index in [1.54, 1.807) is 6.92 Å². The van der Waals surface area contributed by atoms with Gasteiger partial charge in [-0.25, -0.2) is 8.78 Å². The van der Waals surface area contributed by atoms with E-state index in [1.807, 2.05) is 0 Å². The molecule has 0 aliphatic heterocycles. The lowest BCUT2D eigenvalue weighted by Crippen LogP contribution is -2.10. The first kappa shape index (κ1) is 13.3. The Morgan fingerprint density at radius 1 is 1.18 bits per heavy atom. The van der Waals surface area contributed by atoms with Crippen LogP contribution in [0.2, 0.25) is 0 Å². The summed E-state index contributed by atoms with van der Waals surface area (Å²) in [5.74, 6) is -3.14. The van der Waals surface area contributed by atoms with Crippen molar-refractivity contribution >= 4 is 11.8 Å². The number of carbonyl (C=O) groups is 2. The van der Waals surface area contributed by atoms with Gasteiger partial charge in [-0.05, 0) is 19.1 Å². The van der Waals surface area contributed by atoms with Crippen LogP contribution in [0.3, 0.4) is 0 Å². The third-order valence-corrected chi connectivity index (χ3v) is 2.10. The number of ether oxygens (including phenoxy) is 1. The number of esters is 1.